The quantitative estimate of drug-likeness (QED) is 0.550. The maximum atomic E-state index is 12.7. The number of pyridine rings is 1. The van der Waals surface area contributed by atoms with Crippen LogP contribution in [0, 0.1) is 18.3 Å². The summed E-state index contributed by atoms with van der Waals surface area (Å²) >= 11 is 1.34. The molecule has 0 N–H and O–H groups in total. The molecular weight excluding hydrogens is 401 g/mol. The average Bonchev–Trinajstić information content (AvgIpc) is 3.35. The number of aryl methyl sites for hydroxylation is 1. The summed E-state index contributed by atoms with van der Waals surface area (Å²) in [4.78, 5) is 8.89. The van der Waals surface area contributed by atoms with Crippen LogP contribution >= 0.6 is 11.8 Å². The molecule has 3 aromatic rings. The predicted octanol–water partition coefficient (Wildman–Crippen LogP) is 5.11. The molecule has 0 fully saturated rings. The van der Waals surface area contributed by atoms with Gasteiger partial charge in [-0.2, -0.15) is 23.4 Å². The van der Waals surface area contributed by atoms with Gasteiger partial charge in [0.1, 0.15) is 11.1 Å². The molecule has 29 heavy (non-hydrogen) atoms. The summed E-state index contributed by atoms with van der Waals surface area (Å²) in [5.74, 6) is 0.842. The van der Waals surface area contributed by atoms with Crippen LogP contribution in [-0.2, 0) is 24.8 Å². The number of fused-ring (bicyclic) bond motifs is 1. The first-order valence-corrected chi connectivity index (χ1v) is 9.91. The third-order valence-electron chi connectivity index (χ3n) is 4.85. The summed E-state index contributed by atoms with van der Waals surface area (Å²) in [7, 11) is 0. The summed E-state index contributed by atoms with van der Waals surface area (Å²) in [5.41, 5.74) is 3.46. The number of nitriles is 1. The van der Waals surface area contributed by atoms with E-state index in [0.717, 1.165) is 42.7 Å². The topological polar surface area (TPSA) is 75.6 Å². The van der Waals surface area contributed by atoms with Crippen LogP contribution in [0.2, 0.25) is 0 Å². The number of rotatable bonds is 4. The number of aromatic nitrogens is 3. The number of halogens is 3. The van der Waals surface area contributed by atoms with E-state index in [1.54, 1.807) is 0 Å². The molecule has 4 rings (SSSR count). The fourth-order valence-corrected chi connectivity index (χ4v) is 4.25. The summed E-state index contributed by atoms with van der Waals surface area (Å²) in [5, 5.41) is 14.0. The van der Waals surface area contributed by atoms with Crippen LogP contribution in [0.1, 0.15) is 40.3 Å². The lowest BCUT2D eigenvalue weighted by atomic mass is 10.0. The van der Waals surface area contributed by atoms with E-state index in [9.17, 15) is 18.4 Å². The number of benzene rings is 1. The van der Waals surface area contributed by atoms with Gasteiger partial charge in [0, 0.05) is 11.3 Å². The molecule has 2 heterocycles. The van der Waals surface area contributed by atoms with Gasteiger partial charge in [-0.3, -0.25) is 0 Å². The predicted molar refractivity (Wildman–Crippen MR) is 100 cm³/mol. The Labute approximate surface area is 169 Å². The van der Waals surface area contributed by atoms with Gasteiger partial charge in [-0.05, 0) is 49.4 Å². The van der Waals surface area contributed by atoms with Crippen molar-refractivity contribution in [2.24, 2.45) is 0 Å². The normalized spacial score (nSPS) is 13.3. The molecule has 0 unspecified atom stereocenters. The van der Waals surface area contributed by atoms with Crippen LogP contribution in [-0.4, -0.2) is 15.1 Å². The second-order valence-electron chi connectivity index (χ2n) is 6.68. The minimum atomic E-state index is -4.39. The van der Waals surface area contributed by atoms with Crippen molar-refractivity contribution >= 4 is 11.8 Å². The third-order valence-corrected chi connectivity index (χ3v) is 5.81. The fourth-order valence-electron chi connectivity index (χ4n) is 3.35. The Hall–Kier alpha value is -2.86. The lowest BCUT2D eigenvalue weighted by Gasteiger charge is -2.09. The van der Waals surface area contributed by atoms with Crippen molar-refractivity contribution < 1.29 is 17.7 Å². The highest BCUT2D eigenvalue weighted by molar-refractivity contribution is 7.98. The molecule has 0 atom stereocenters. The molecule has 0 spiro atoms. The van der Waals surface area contributed by atoms with Crippen molar-refractivity contribution in [2.75, 3.05) is 0 Å². The SMILES string of the molecule is Cc1c(C#N)c(SCc2nc(-c3ccc(C(F)(F)F)cc3)no2)nc2c1CCC2. The smallest absolute Gasteiger partial charge is 0.338 e. The van der Waals surface area contributed by atoms with Crippen LogP contribution in [0.5, 0.6) is 0 Å². The molecule has 0 aliphatic heterocycles. The largest absolute Gasteiger partial charge is 0.416 e. The van der Waals surface area contributed by atoms with Crippen LogP contribution in [0.3, 0.4) is 0 Å². The molecule has 0 amide bonds. The van der Waals surface area contributed by atoms with E-state index in [0.29, 0.717) is 27.8 Å². The van der Waals surface area contributed by atoms with E-state index in [1.165, 1.54) is 29.5 Å². The molecule has 1 aromatic carbocycles. The number of alkyl halides is 3. The molecule has 1 aliphatic rings. The van der Waals surface area contributed by atoms with Gasteiger partial charge in [-0.25, -0.2) is 4.98 Å². The van der Waals surface area contributed by atoms with Crippen LogP contribution in [0.15, 0.2) is 33.8 Å². The molecular formula is C20H15F3N4OS. The van der Waals surface area contributed by atoms with E-state index < -0.39 is 11.7 Å². The molecule has 0 saturated carbocycles. The first-order chi connectivity index (χ1) is 13.9. The minimum Gasteiger partial charge on any atom is -0.338 e. The Bertz CT molecular complexity index is 1100. The Kier molecular flexibility index (Phi) is 5.04. The Morgan fingerprint density at radius 2 is 1.93 bits per heavy atom. The first kappa shape index (κ1) is 19.5. The van der Waals surface area contributed by atoms with E-state index in [4.69, 9.17) is 4.52 Å². The van der Waals surface area contributed by atoms with E-state index in [2.05, 4.69) is 21.2 Å². The lowest BCUT2D eigenvalue weighted by molar-refractivity contribution is -0.137. The zero-order valence-electron chi connectivity index (χ0n) is 15.4. The summed E-state index contributed by atoms with van der Waals surface area (Å²) in [6.07, 6.45) is -1.48. The van der Waals surface area contributed by atoms with Gasteiger partial charge in [-0.1, -0.05) is 29.1 Å². The van der Waals surface area contributed by atoms with Gasteiger partial charge in [0.05, 0.1) is 16.9 Å². The molecule has 148 valence electrons. The fraction of sp³-hybridized carbons (Fsp3) is 0.300. The molecule has 9 heteroatoms. The number of thioether (sulfide) groups is 1. The molecule has 0 radical (unpaired) electrons. The van der Waals surface area contributed by atoms with E-state index in [-0.39, 0.29) is 5.82 Å². The van der Waals surface area contributed by atoms with Crippen molar-refractivity contribution in [2.45, 2.75) is 43.1 Å². The standard InChI is InChI=1S/C20H15F3N4OS/c1-11-14-3-2-4-16(14)25-19(15(11)9-24)29-10-17-26-18(27-28-17)12-5-7-13(8-6-12)20(21,22)23/h5-8H,2-4,10H2,1H3. The summed E-state index contributed by atoms with van der Waals surface area (Å²) < 4.78 is 43.3. The van der Waals surface area contributed by atoms with Crippen molar-refractivity contribution in [1.82, 2.24) is 15.1 Å². The van der Waals surface area contributed by atoms with Gasteiger partial charge in [0.2, 0.25) is 11.7 Å². The maximum Gasteiger partial charge on any atom is 0.416 e. The molecule has 5 nitrogen and oxygen atoms in total. The maximum absolute atomic E-state index is 12.7. The highest BCUT2D eigenvalue weighted by atomic mass is 32.2. The Morgan fingerprint density at radius 3 is 2.62 bits per heavy atom. The molecule has 0 saturated heterocycles. The second-order valence-corrected chi connectivity index (χ2v) is 7.65. The Morgan fingerprint density at radius 1 is 1.17 bits per heavy atom. The summed E-state index contributed by atoms with van der Waals surface area (Å²) in [6.45, 7) is 1.95. The van der Waals surface area contributed by atoms with Crippen molar-refractivity contribution in [3.8, 4) is 17.5 Å². The van der Waals surface area contributed by atoms with Gasteiger partial charge >= 0.3 is 6.18 Å². The number of nitrogens with zero attached hydrogens (tertiary/aromatic N) is 4. The van der Waals surface area contributed by atoms with Gasteiger partial charge in [0.25, 0.3) is 0 Å². The molecule has 2 aromatic heterocycles. The average molecular weight is 416 g/mol. The van der Waals surface area contributed by atoms with E-state index >= 15 is 0 Å². The van der Waals surface area contributed by atoms with Crippen molar-refractivity contribution in [3.05, 3.63) is 58.1 Å². The zero-order valence-corrected chi connectivity index (χ0v) is 16.2. The van der Waals surface area contributed by atoms with Gasteiger partial charge < -0.3 is 4.52 Å². The minimum absolute atomic E-state index is 0.216. The highest BCUT2D eigenvalue weighted by Gasteiger charge is 2.30. The van der Waals surface area contributed by atoms with Crippen LogP contribution in [0.25, 0.3) is 11.4 Å². The number of hydrogen-bond acceptors (Lipinski definition) is 6. The molecule has 1 aliphatic carbocycles. The third kappa shape index (κ3) is 3.85. The lowest BCUT2D eigenvalue weighted by Crippen LogP contribution is -2.04. The molecule has 0 bridgehead atoms. The van der Waals surface area contributed by atoms with Gasteiger partial charge in [0.15, 0.2) is 0 Å². The van der Waals surface area contributed by atoms with Crippen molar-refractivity contribution in [1.29, 1.82) is 5.26 Å². The van der Waals surface area contributed by atoms with Crippen molar-refractivity contribution in [3.63, 3.8) is 0 Å². The highest BCUT2D eigenvalue weighted by Crippen LogP contribution is 2.33. The Balaban J connectivity index is 1.51. The van der Waals surface area contributed by atoms with E-state index in [1.807, 2.05) is 6.92 Å². The van der Waals surface area contributed by atoms with Crippen LogP contribution in [0.4, 0.5) is 13.2 Å². The van der Waals surface area contributed by atoms with Gasteiger partial charge in [-0.15, -0.1) is 0 Å². The number of hydrogen-bond donors (Lipinski definition) is 0. The monoisotopic (exact) mass is 416 g/mol. The first-order valence-electron chi connectivity index (χ1n) is 8.92. The summed E-state index contributed by atoms with van der Waals surface area (Å²) in [6, 6.07) is 6.82. The van der Waals surface area contributed by atoms with Crippen LogP contribution < -0.4 is 0 Å². The second kappa shape index (κ2) is 7.52. The zero-order chi connectivity index (χ0) is 20.6.